The first-order valence-electron chi connectivity index (χ1n) is 6.83. The van der Waals surface area contributed by atoms with Crippen molar-refractivity contribution in [2.45, 2.75) is 33.1 Å². The summed E-state index contributed by atoms with van der Waals surface area (Å²) in [5, 5.41) is 3.01. The molecule has 17 heavy (non-hydrogen) atoms. The largest absolute Gasteiger partial charge is 0.355 e. The molecule has 0 aromatic rings. The molecule has 1 amide bonds. The zero-order chi connectivity index (χ0) is 12.7. The van der Waals surface area contributed by atoms with Crippen LogP contribution in [0.3, 0.4) is 0 Å². The molecule has 1 rings (SSSR count). The Bertz CT molecular complexity index is 225. The quantitative estimate of drug-likeness (QED) is 0.694. The van der Waals surface area contributed by atoms with Crippen LogP contribution in [0, 0.1) is 11.8 Å². The van der Waals surface area contributed by atoms with Crippen LogP contribution in [0.1, 0.15) is 33.1 Å². The summed E-state index contributed by atoms with van der Waals surface area (Å²) in [6.07, 6.45) is 3.48. The molecule has 3 N–H and O–H groups in total. The molecule has 0 saturated carbocycles. The van der Waals surface area contributed by atoms with E-state index in [2.05, 4.69) is 24.1 Å². The van der Waals surface area contributed by atoms with Crippen LogP contribution in [0.15, 0.2) is 0 Å². The Morgan fingerprint density at radius 1 is 1.35 bits per heavy atom. The number of carbonyl (C=O) groups is 1. The van der Waals surface area contributed by atoms with Crippen molar-refractivity contribution in [2.24, 2.45) is 17.6 Å². The van der Waals surface area contributed by atoms with E-state index >= 15 is 0 Å². The highest BCUT2D eigenvalue weighted by molar-refractivity contribution is 5.78. The second-order valence-electron chi connectivity index (χ2n) is 5.40. The zero-order valence-electron chi connectivity index (χ0n) is 11.2. The molecule has 1 fully saturated rings. The zero-order valence-corrected chi connectivity index (χ0v) is 11.2. The van der Waals surface area contributed by atoms with Gasteiger partial charge in [0, 0.05) is 19.6 Å². The van der Waals surface area contributed by atoms with Crippen molar-refractivity contribution in [3.8, 4) is 0 Å². The number of carbonyl (C=O) groups excluding carboxylic acids is 1. The van der Waals surface area contributed by atoms with E-state index in [-0.39, 0.29) is 11.8 Å². The van der Waals surface area contributed by atoms with E-state index in [4.69, 9.17) is 5.73 Å². The van der Waals surface area contributed by atoms with Crippen LogP contribution in [0.2, 0.25) is 0 Å². The Labute approximate surface area is 105 Å². The Hall–Kier alpha value is -0.610. The smallest absolute Gasteiger partial charge is 0.224 e. The van der Waals surface area contributed by atoms with E-state index in [0.29, 0.717) is 12.5 Å². The molecule has 4 nitrogen and oxygen atoms in total. The molecule has 1 atom stereocenters. The maximum atomic E-state index is 11.9. The topological polar surface area (TPSA) is 58.4 Å². The van der Waals surface area contributed by atoms with E-state index in [0.717, 1.165) is 19.5 Å². The van der Waals surface area contributed by atoms with E-state index in [1.54, 1.807) is 0 Å². The van der Waals surface area contributed by atoms with Crippen molar-refractivity contribution < 1.29 is 4.79 Å². The molecule has 0 aromatic carbocycles. The maximum Gasteiger partial charge on any atom is 0.224 e. The molecule has 4 heteroatoms. The number of nitrogens with one attached hydrogen (secondary N) is 1. The maximum absolute atomic E-state index is 11.9. The van der Waals surface area contributed by atoms with Gasteiger partial charge in [0.2, 0.25) is 5.91 Å². The molecule has 1 unspecified atom stereocenters. The van der Waals surface area contributed by atoms with Crippen molar-refractivity contribution in [3.05, 3.63) is 0 Å². The van der Waals surface area contributed by atoms with E-state index in [9.17, 15) is 4.79 Å². The van der Waals surface area contributed by atoms with Crippen LogP contribution in [0.4, 0.5) is 0 Å². The fraction of sp³-hybridized carbons (Fsp3) is 0.923. The molecule has 0 radical (unpaired) electrons. The van der Waals surface area contributed by atoms with Crippen LogP contribution in [0.5, 0.6) is 0 Å². The van der Waals surface area contributed by atoms with Crippen molar-refractivity contribution in [3.63, 3.8) is 0 Å². The Morgan fingerprint density at radius 3 is 2.53 bits per heavy atom. The monoisotopic (exact) mass is 241 g/mol. The number of amides is 1. The lowest BCUT2D eigenvalue weighted by Crippen LogP contribution is -2.39. The minimum Gasteiger partial charge on any atom is -0.355 e. The third-order valence-electron chi connectivity index (χ3n) is 3.34. The lowest BCUT2D eigenvalue weighted by molar-refractivity contribution is -0.125. The van der Waals surface area contributed by atoms with Crippen molar-refractivity contribution in [2.75, 3.05) is 32.7 Å². The lowest BCUT2D eigenvalue weighted by Gasteiger charge is -2.19. The highest BCUT2D eigenvalue weighted by atomic mass is 16.1. The van der Waals surface area contributed by atoms with Gasteiger partial charge >= 0.3 is 0 Å². The summed E-state index contributed by atoms with van der Waals surface area (Å²) in [7, 11) is 0. The first kappa shape index (κ1) is 14.5. The van der Waals surface area contributed by atoms with Crippen molar-refractivity contribution in [1.29, 1.82) is 0 Å². The third-order valence-corrected chi connectivity index (χ3v) is 3.34. The molecule has 1 heterocycles. The van der Waals surface area contributed by atoms with Crippen LogP contribution in [-0.4, -0.2) is 43.5 Å². The average molecular weight is 241 g/mol. The summed E-state index contributed by atoms with van der Waals surface area (Å²) < 4.78 is 0. The SMILES string of the molecule is CC(C)CC(CN)C(=O)NCCN1CCCC1. The molecule has 1 saturated heterocycles. The van der Waals surface area contributed by atoms with Gasteiger partial charge in [-0.15, -0.1) is 0 Å². The average Bonchev–Trinajstić information content (AvgIpc) is 2.78. The van der Waals surface area contributed by atoms with Crippen LogP contribution in [-0.2, 0) is 4.79 Å². The molecule has 100 valence electrons. The van der Waals surface area contributed by atoms with Gasteiger partial charge in [-0.25, -0.2) is 0 Å². The first-order valence-corrected chi connectivity index (χ1v) is 6.83. The van der Waals surface area contributed by atoms with Crippen molar-refractivity contribution in [1.82, 2.24) is 10.2 Å². The summed E-state index contributed by atoms with van der Waals surface area (Å²) in [5.41, 5.74) is 5.64. The number of rotatable bonds is 7. The lowest BCUT2D eigenvalue weighted by atomic mass is 9.96. The highest BCUT2D eigenvalue weighted by Gasteiger charge is 2.18. The predicted octanol–water partition coefficient (Wildman–Crippen LogP) is 0.819. The predicted molar refractivity (Wildman–Crippen MR) is 70.7 cm³/mol. The number of likely N-dealkylation sites (tertiary alicyclic amines) is 1. The normalized spacial score (nSPS) is 18.6. The number of nitrogens with zero attached hydrogens (tertiary/aromatic N) is 1. The number of hydrogen-bond donors (Lipinski definition) is 2. The highest BCUT2D eigenvalue weighted by Crippen LogP contribution is 2.10. The van der Waals surface area contributed by atoms with Gasteiger partial charge in [-0.05, 0) is 38.3 Å². The fourth-order valence-corrected chi connectivity index (χ4v) is 2.37. The third kappa shape index (κ3) is 5.50. The van der Waals surface area contributed by atoms with Gasteiger partial charge in [0.1, 0.15) is 0 Å². The fourth-order valence-electron chi connectivity index (χ4n) is 2.37. The molecular weight excluding hydrogens is 214 g/mol. The van der Waals surface area contributed by atoms with Gasteiger partial charge < -0.3 is 16.0 Å². The molecule has 0 spiro atoms. The van der Waals surface area contributed by atoms with E-state index in [1.165, 1.54) is 25.9 Å². The van der Waals surface area contributed by atoms with E-state index < -0.39 is 0 Å². The van der Waals surface area contributed by atoms with Crippen LogP contribution in [0.25, 0.3) is 0 Å². The summed E-state index contributed by atoms with van der Waals surface area (Å²) in [6.45, 7) is 8.80. The second kappa shape index (κ2) is 7.67. The Kier molecular flexibility index (Phi) is 6.52. The molecule has 0 aromatic heterocycles. The standard InChI is InChI=1S/C13H27N3O/c1-11(2)9-12(10-14)13(17)15-5-8-16-6-3-4-7-16/h11-12H,3-10,14H2,1-2H3,(H,15,17). The van der Waals surface area contributed by atoms with Gasteiger partial charge in [-0.3, -0.25) is 4.79 Å². The van der Waals surface area contributed by atoms with Gasteiger partial charge in [0.05, 0.1) is 5.92 Å². The second-order valence-corrected chi connectivity index (χ2v) is 5.40. The van der Waals surface area contributed by atoms with Gasteiger partial charge in [0.25, 0.3) is 0 Å². The summed E-state index contributed by atoms with van der Waals surface area (Å²) in [4.78, 5) is 14.3. The molecular formula is C13H27N3O. The first-order chi connectivity index (χ1) is 8.13. The number of nitrogens with two attached hydrogens (primary N) is 1. The summed E-state index contributed by atoms with van der Waals surface area (Å²) >= 11 is 0. The minimum absolute atomic E-state index is 0.0198. The minimum atomic E-state index is -0.0198. The van der Waals surface area contributed by atoms with Gasteiger partial charge in [-0.1, -0.05) is 13.8 Å². The Morgan fingerprint density at radius 2 is 2.00 bits per heavy atom. The number of hydrogen-bond acceptors (Lipinski definition) is 3. The van der Waals surface area contributed by atoms with E-state index in [1.807, 2.05) is 0 Å². The van der Waals surface area contributed by atoms with Crippen molar-refractivity contribution >= 4 is 5.91 Å². The summed E-state index contributed by atoms with van der Waals surface area (Å²) in [5.74, 6) is 0.627. The Balaban J connectivity index is 2.17. The van der Waals surface area contributed by atoms with Crippen LogP contribution >= 0.6 is 0 Å². The van der Waals surface area contributed by atoms with Crippen LogP contribution < -0.4 is 11.1 Å². The summed E-state index contributed by atoms with van der Waals surface area (Å²) in [6, 6.07) is 0. The molecule has 0 bridgehead atoms. The molecule has 0 aliphatic carbocycles. The van der Waals surface area contributed by atoms with Gasteiger partial charge in [0.15, 0.2) is 0 Å². The van der Waals surface area contributed by atoms with Gasteiger partial charge in [-0.2, -0.15) is 0 Å². The molecule has 1 aliphatic rings. The molecule has 1 aliphatic heterocycles.